The van der Waals surface area contributed by atoms with Crippen molar-refractivity contribution in [3.8, 4) is 11.6 Å². The smallest absolute Gasteiger partial charge is 0.219 e. The lowest BCUT2D eigenvalue weighted by atomic mass is 10.1. The molecule has 20 heavy (non-hydrogen) atoms. The highest BCUT2D eigenvalue weighted by molar-refractivity contribution is 5.27. The minimum absolute atomic E-state index is 0.303. The number of ether oxygens (including phenoxy) is 1. The molecule has 0 saturated heterocycles. The van der Waals surface area contributed by atoms with Gasteiger partial charge in [-0.15, -0.1) is 0 Å². The normalized spacial score (nSPS) is 12.2. The minimum atomic E-state index is 0.303. The zero-order valence-electron chi connectivity index (χ0n) is 12.3. The van der Waals surface area contributed by atoms with E-state index >= 15 is 0 Å². The molecular weight excluding hydrogens is 250 g/mol. The SMILES string of the molecule is CCCNC(C)c1ccc(Oc2ccc(C)nc2)nc1. The molecular formula is C16H21N3O. The van der Waals surface area contributed by atoms with Crippen LogP contribution in [0.2, 0.25) is 0 Å². The predicted molar refractivity (Wildman–Crippen MR) is 80.0 cm³/mol. The number of hydrogen-bond acceptors (Lipinski definition) is 4. The third kappa shape index (κ3) is 4.03. The zero-order valence-corrected chi connectivity index (χ0v) is 12.3. The highest BCUT2D eigenvalue weighted by Gasteiger charge is 2.05. The first kappa shape index (κ1) is 14.5. The lowest BCUT2D eigenvalue weighted by Crippen LogP contribution is -2.19. The van der Waals surface area contributed by atoms with Gasteiger partial charge in [-0.2, -0.15) is 0 Å². The Morgan fingerprint density at radius 3 is 2.60 bits per heavy atom. The number of hydrogen-bond donors (Lipinski definition) is 1. The zero-order chi connectivity index (χ0) is 14.4. The Kier molecular flexibility index (Phi) is 5.07. The van der Waals surface area contributed by atoms with Gasteiger partial charge in [0.05, 0.1) is 6.20 Å². The number of nitrogens with zero attached hydrogens (tertiary/aromatic N) is 2. The Hall–Kier alpha value is -1.94. The van der Waals surface area contributed by atoms with E-state index < -0.39 is 0 Å². The van der Waals surface area contributed by atoms with Crippen LogP contribution in [0.25, 0.3) is 0 Å². The second kappa shape index (κ2) is 7.01. The Morgan fingerprint density at radius 1 is 1.15 bits per heavy atom. The fourth-order valence-electron chi connectivity index (χ4n) is 1.82. The molecule has 1 N–H and O–H groups in total. The molecule has 2 rings (SSSR count). The van der Waals surface area contributed by atoms with Gasteiger partial charge in [0, 0.05) is 24.0 Å². The maximum absolute atomic E-state index is 5.66. The number of pyridine rings is 2. The number of aromatic nitrogens is 2. The molecule has 4 nitrogen and oxygen atoms in total. The summed E-state index contributed by atoms with van der Waals surface area (Å²) in [5, 5.41) is 3.43. The van der Waals surface area contributed by atoms with E-state index in [0.717, 1.165) is 24.2 Å². The summed E-state index contributed by atoms with van der Waals surface area (Å²) in [6.45, 7) is 7.25. The van der Waals surface area contributed by atoms with Crippen LogP contribution < -0.4 is 10.1 Å². The van der Waals surface area contributed by atoms with Crippen molar-refractivity contribution in [3.63, 3.8) is 0 Å². The van der Waals surface area contributed by atoms with E-state index in [0.29, 0.717) is 17.7 Å². The molecule has 0 aromatic carbocycles. The van der Waals surface area contributed by atoms with Gasteiger partial charge in [0.25, 0.3) is 0 Å². The summed E-state index contributed by atoms with van der Waals surface area (Å²) >= 11 is 0. The lowest BCUT2D eigenvalue weighted by molar-refractivity contribution is 0.459. The highest BCUT2D eigenvalue weighted by atomic mass is 16.5. The minimum Gasteiger partial charge on any atom is -0.437 e. The van der Waals surface area contributed by atoms with Gasteiger partial charge in [-0.3, -0.25) is 4.98 Å². The van der Waals surface area contributed by atoms with Gasteiger partial charge in [0.15, 0.2) is 0 Å². The Morgan fingerprint density at radius 2 is 2.00 bits per heavy atom. The molecule has 0 radical (unpaired) electrons. The summed E-state index contributed by atoms with van der Waals surface area (Å²) in [6, 6.07) is 8.04. The molecule has 0 saturated carbocycles. The van der Waals surface area contributed by atoms with Crippen molar-refractivity contribution in [2.75, 3.05) is 6.54 Å². The number of rotatable bonds is 6. The van der Waals surface area contributed by atoms with Crippen LogP contribution in [-0.2, 0) is 0 Å². The van der Waals surface area contributed by atoms with Gasteiger partial charge in [-0.1, -0.05) is 13.0 Å². The average molecular weight is 271 g/mol. The van der Waals surface area contributed by atoms with Crippen LogP contribution in [0.15, 0.2) is 36.7 Å². The first-order chi connectivity index (χ1) is 9.69. The predicted octanol–water partition coefficient (Wildman–Crippen LogP) is 3.64. The molecule has 2 aromatic heterocycles. The summed E-state index contributed by atoms with van der Waals surface area (Å²) in [6.07, 6.45) is 4.68. The molecule has 1 unspecified atom stereocenters. The second-order valence-corrected chi connectivity index (χ2v) is 4.84. The van der Waals surface area contributed by atoms with E-state index in [1.165, 1.54) is 0 Å². The van der Waals surface area contributed by atoms with Crippen molar-refractivity contribution < 1.29 is 4.74 Å². The molecule has 0 bridgehead atoms. The highest BCUT2D eigenvalue weighted by Crippen LogP contribution is 2.20. The fourth-order valence-corrected chi connectivity index (χ4v) is 1.82. The summed E-state index contributed by atoms with van der Waals surface area (Å²) in [4.78, 5) is 8.53. The van der Waals surface area contributed by atoms with Gasteiger partial charge < -0.3 is 10.1 Å². The van der Waals surface area contributed by atoms with Gasteiger partial charge >= 0.3 is 0 Å². The van der Waals surface area contributed by atoms with Crippen molar-refractivity contribution in [2.24, 2.45) is 0 Å². The standard InChI is InChI=1S/C16H21N3O/c1-4-9-17-13(3)14-6-8-16(19-10-14)20-15-7-5-12(2)18-11-15/h5-8,10-11,13,17H,4,9H2,1-3H3. The van der Waals surface area contributed by atoms with Crippen LogP contribution in [0.1, 0.15) is 37.6 Å². The third-order valence-electron chi connectivity index (χ3n) is 3.07. The van der Waals surface area contributed by atoms with Crippen LogP contribution in [0.4, 0.5) is 0 Å². The molecule has 0 aliphatic heterocycles. The first-order valence-electron chi connectivity index (χ1n) is 6.99. The topological polar surface area (TPSA) is 47.0 Å². The van der Waals surface area contributed by atoms with Crippen molar-refractivity contribution in [1.82, 2.24) is 15.3 Å². The van der Waals surface area contributed by atoms with Crippen molar-refractivity contribution >= 4 is 0 Å². The molecule has 0 amide bonds. The third-order valence-corrected chi connectivity index (χ3v) is 3.07. The van der Waals surface area contributed by atoms with Crippen LogP contribution in [0, 0.1) is 6.92 Å². The van der Waals surface area contributed by atoms with Crippen molar-refractivity contribution in [3.05, 3.63) is 47.9 Å². The summed E-state index contributed by atoms with van der Waals surface area (Å²) in [7, 11) is 0. The molecule has 0 aliphatic rings. The number of aryl methyl sites for hydroxylation is 1. The van der Waals surface area contributed by atoms with Gasteiger partial charge in [-0.05, 0) is 44.5 Å². The maximum Gasteiger partial charge on any atom is 0.219 e. The van der Waals surface area contributed by atoms with Crippen LogP contribution in [0.5, 0.6) is 11.6 Å². The Balaban J connectivity index is 1.99. The van der Waals surface area contributed by atoms with E-state index in [1.807, 2.05) is 37.4 Å². The van der Waals surface area contributed by atoms with Crippen LogP contribution in [-0.4, -0.2) is 16.5 Å². The summed E-state index contributed by atoms with van der Waals surface area (Å²) in [5.41, 5.74) is 2.13. The second-order valence-electron chi connectivity index (χ2n) is 4.84. The molecule has 2 heterocycles. The van der Waals surface area contributed by atoms with E-state index in [9.17, 15) is 0 Å². The number of nitrogens with one attached hydrogen (secondary N) is 1. The van der Waals surface area contributed by atoms with Crippen molar-refractivity contribution in [2.45, 2.75) is 33.2 Å². The molecule has 4 heteroatoms. The monoisotopic (exact) mass is 271 g/mol. The Bertz CT molecular complexity index is 522. The average Bonchev–Trinajstić information content (AvgIpc) is 2.48. The quantitative estimate of drug-likeness (QED) is 0.871. The maximum atomic E-state index is 5.66. The fraction of sp³-hybridized carbons (Fsp3) is 0.375. The molecule has 0 spiro atoms. The van der Waals surface area contributed by atoms with E-state index in [1.54, 1.807) is 6.20 Å². The molecule has 2 aromatic rings. The molecule has 106 valence electrons. The van der Waals surface area contributed by atoms with Crippen LogP contribution in [0.3, 0.4) is 0 Å². The van der Waals surface area contributed by atoms with E-state index in [4.69, 9.17) is 4.74 Å². The van der Waals surface area contributed by atoms with E-state index in [-0.39, 0.29) is 0 Å². The van der Waals surface area contributed by atoms with Gasteiger partial charge in [-0.25, -0.2) is 4.98 Å². The van der Waals surface area contributed by atoms with Gasteiger partial charge in [0.2, 0.25) is 5.88 Å². The summed E-state index contributed by atoms with van der Waals surface area (Å²) in [5.74, 6) is 1.29. The molecule has 1 atom stereocenters. The molecule has 0 aliphatic carbocycles. The Labute approximate surface area is 120 Å². The first-order valence-corrected chi connectivity index (χ1v) is 6.99. The lowest BCUT2D eigenvalue weighted by Gasteiger charge is -2.13. The largest absolute Gasteiger partial charge is 0.437 e. The van der Waals surface area contributed by atoms with Crippen molar-refractivity contribution in [1.29, 1.82) is 0 Å². The van der Waals surface area contributed by atoms with Crippen LogP contribution >= 0.6 is 0 Å². The molecule has 0 fully saturated rings. The van der Waals surface area contributed by atoms with E-state index in [2.05, 4.69) is 29.1 Å². The summed E-state index contributed by atoms with van der Waals surface area (Å²) < 4.78 is 5.66. The van der Waals surface area contributed by atoms with Gasteiger partial charge in [0.1, 0.15) is 5.75 Å².